The van der Waals surface area contributed by atoms with Gasteiger partial charge in [0.2, 0.25) is 0 Å². The molecule has 1 aliphatic heterocycles. The summed E-state index contributed by atoms with van der Waals surface area (Å²) in [6.07, 6.45) is 4.24. The normalized spacial score (nSPS) is 28.7. The Morgan fingerprint density at radius 3 is 2.93 bits per heavy atom. The summed E-state index contributed by atoms with van der Waals surface area (Å²) in [4.78, 5) is 2.58. The second-order valence-electron chi connectivity index (χ2n) is 4.86. The molecule has 1 heterocycles. The van der Waals surface area contributed by atoms with Crippen molar-refractivity contribution in [1.29, 1.82) is 0 Å². The fourth-order valence-electron chi connectivity index (χ4n) is 3.10. The van der Waals surface area contributed by atoms with E-state index >= 15 is 0 Å². The number of piperidine rings is 1. The standard InChI is InChI=1S/C13H18N2/c14-8-10-2-1-3-12(6-10)15-9-11-4-5-13(15)7-11/h1-3,6,11,13H,4-5,7-9,14H2. The smallest absolute Gasteiger partial charge is 0.0372 e. The molecule has 2 atom stereocenters. The van der Waals surface area contributed by atoms with Crippen molar-refractivity contribution in [2.75, 3.05) is 11.4 Å². The zero-order chi connectivity index (χ0) is 10.3. The van der Waals surface area contributed by atoms with Crippen LogP contribution in [0.25, 0.3) is 0 Å². The number of benzene rings is 1. The highest BCUT2D eigenvalue weighted by Crippen LogP contribution is 2.40. The number of fused-ring (bicyclic) bond motifs is 2. The topological polar surface area (TPSA) is 29.3 Å². The Labute approximate surface area is 91.1 Å². The molecule has 2 N–H and O–H groups in total. The largest absolute Gasteiger partial charge is 0.368 e. The van der Waals surface area contributed by atoms with Crippen LogP contribution in [0.5, 0.6) is 0 Å². The number of nitrogens with two attached hydrogens (primary N) is 1. The summed E-state index contributed by atoms with van der Waals surface area (Å²) < 4.78 is 0. The van der Waals surface area contributed by atoms with Gasteiger partial charge in [-0.1, -0.05) is 12.1 Å². The molecule has 2 unspecified atom stereocenters. The van der Waals surface area contributed by atoms with E-state index in [4.69, 9.17) is 5.73 Å². The molecule has 1 saturated carbocycles. The van der Waals surface area contributed by atoms with Gasteiger partial charge in [0.05, 0.1) is 0 Å². The van der Waals surface area contributed by atoms with Crippen molar-refractivity contribution in [1.82, 2.24) is 0 Å². The maximum absolute atomic E-state index is 5.67. The Hall–Kier alpha value is -1.02. The fraction of sp³-hybridized carbons (Fsp3) is 0.538. The molecule has 2 nitrogen and oxygen atoms in total. The van der Waals surface area contributed by atoms with Crippen molar-refractivity contribution in [2.24, 2.45) is 11.7 Å². The molecule has 1 saturated heterocycles. The van der Waals surface area contributed by atoms with Crippen LogP contribution in [0.15, 0.2) is 24.3 Å². The lowest BCUT2D eigenvalue weighted by Gasteiger charge is -2.29. The van der Waals surface area contributed by atoms with Crippen LogP contribution in [-0.2, 0) is 6.54 Å². The third-order valence-electron chi connectivity index (χ3n) is 3.89. The molecule has 1 aromatic carbocycles. The summed E-state index contributed by atoms with van der Waals surface area (Å²) >= 11 is 0. The van der Waals surface area contributed by atoms with Gasteiger partial charge in [-0.3, -0.25) is 0 Å². The number of nitrogens with zero attached hydrogens (tertiary/aromatic N) is 1. The molecule has 0 spiro atoms. The average molecular weight is 202 g/mol. The minimum absolute atomic E-state index is 0.649. The minimum atomic E-state index is 0.649. The van der Waals surface area contributed by atoms with Crippen molar-refractivity contribution in [3.8, 4) is 0 Å². The van der Waals surface area contributed by atoms with Gasteiger partial charge in [0.1, 0.15) is 0 Å². The van der Waals surface area contributed by atoms with E-state index in [1.165, 1.54) is 37.1 Å². The zero-order valence-corrected chi connectivity index (χ0v) is 9.02. The van der Waals surface area contributed by atoms with E-state index in [0.717, 1.165) is 12.0 Å². The summed E-state index contributed by atoms with van der Waals surface area (Å²) in [7, 11) is 0. The molecular weight excluding hydrogens is 184 g/mol. The Balaban J connectivity index is 1.86. The van der Waals surface area contributed by atoms with E-state index in [2.05, 4.69) is 29.2 Å². The van der Waals surface area contributed by atoms with Crippen molar-refractivity contribution in [3.63, 3.8) is 0 Å². The van der Waals surface area contributed by atoms with Crippen molar-refractivity contribution in [2.45, 2.75) is 31.8 Å². The fourth-order valence-corrected chi connectivity index (χ4v) is 3.10. The molecule has 2 bridgehead atoms. The highest BCUT2D eigenvalue weighted by atomic mass is 15.2. The minimum Gasteiger partial charge on any atom is -0.368 e. The maximum atomic E-state index is 5.67. The summed E-state index contributed by atoms with van der Waals surface area (Å²) in [5.41, 5.74) is 8.30. The lowest BCUT2D eigenvalue weighted by molar-refractivity contribution is 0.553. The van der Waals surface area contributed by atoms with E-state index in [1.807, 2.05) is 0 Å². The van der Waals surface area contributed by atoms with Gasteiger partial charge in [0, 0.05) is 24.8 Å². The van der Waals surface area contributed by atoms with E-state index in [-0.39, 0.29) is 0 Å². The SMILES string of the molecule is NCc1cccc(N2CC3CCC2C3)c1. The molecule has 3 rings (SSSR count). The number of rotatable bonds is 2. The lowest BCUT2D eigenvalue weighted by Crippen LogP contribution is -2.31. The first-order chi connectivity index (χ1) is 7.36. The Morgan fingerprint density at radius 1 is 1.33 bits per heavy atom. The van der Waals surface area contributed by atoms with Gasteiger partial charge in [-0.15, -0.1) is 0 Å². The highest BCUT2D eigenvalue weighted by Gasteiger charge is 2.37. The quantitative estimate of drug-likeness (QED) is 0.796. The van der Waals surface area contributed by atoms with Crippen LogP contribution in [0.1, 0.15) is 24.8 Å². The number of anilines is 1. The predicted octanol–water partition coefficient (Wildman–Crippen LogP) is 2.13. The van der Waals surface area contributed by atoms with Gasteiger partial charge in [-0.2, -0.15) is 0 Å². The van der Waals surface area contributed by atoms with Crippen LogP contribution in [0.2, 0.25) is 0 Å². The molecule has 0 amide bonds. The summed E-state index contributed by atoms with van der Waals surface area (Å²) in [6, 6.07) is 9.52. The van der Waals surface area contributed by atoms with E-state index < -0.39 is 0 Å². The number of hydrogen-bond donors (Lipinski definition) is 1. The molecule has 2 heteroatoms. The van der Waals surface area contributed by atoms with Crippen molar-refractivity contribution >= 4 is 5.69 Å². The molecule has 0 radical (unpaired) electrons. The van der Waals surface area contributed by atoms with Crippen LogP contribution in [0, 0.1) is 5.92 Å². The molecule has 80 valence electrons. The zero-order valence-electron chi connectivity index (χ0n) is 9.02. The van der Waals surface area contributed by atoms with Gasteiger partial charge in [0.25, 0.3) is 0 Å². The van der Waals surface area contributed by atoms with Gasteiger partial charge in [0.15, 0.2) is 0 Å². The molecular formula is C13H18N2. The Kier molecular flexibility index (Phi) is 2.17. The van der Waals surface area contributed by atoms with Gasteiger partial charge in [-0.05, 0) is 42.9 Å². The second kappa shape index (κ2) is 3.53. The summed E-state index contributed by atoms with van der Waals surface area (Å²) in [5, 5.41) is 0. The van der Waals surface area contributed by atoms with Crippen LogP contribution in [0.3, 0.4) is 0 Å². The highest BCUT2D eigenvalue weighted by molar-refractivity contribution is 5.51. The van der Waals surface area contributed by atoms with Gasteiger partial charge < -0.3 is 10.6 Å². The Bertz CT molecular complexity index is 361. The molecule has 2 fully saturated rings. The van der Waals surface area contributed by atoms with Crippen LogP contribution in [0.4, 0.5) is 5.69 Å². The first-order valence-electron chi connectivity index (χ1n) is 5.92. The number of hydrogen-bond acceptors (Lipinski definition) is 2. The third-order valence-corrected chi connectivity index (χ3v) is 3.89. The lowest BCUT2D eigenvalue weighted by atomic mass is 10.1. The van der Waals surface area contributed by atoms with E-state index in [1.54, 1.807) is 0 Å². The van der Waals surface area contributed by atoms with Gasteiger partial charge in [-0.25, -0.2) is 0 Å². The molecule has 15 heavy (non-hydrogen) atoms. The van der Waals surface area contributed by atoms with Crippen LogP contribution < -0.4 is 10.6 Å². The van der Waals surface area contributed by atoms with Crippen molar-refractivity contribution < 1.29 is 0 Å². The second-order valence-corrected chi connectivity index (χ2v) is 4.86. The molecule has 1 aromatic rings. The van der Waals surface area contributed by atoms with Crippen LogP contribution >= 0.6 is 0 Å². The van der Waals surface area contributed by atoms with E-state index in [9.17, 15) is 0 Å². The molecule has 2 aliphatic rings. The van der Waals surface area contributed by atoms with Crippen molar-refractivity contribution in [3.05, 3.63) is 29.8 Å². The third kappa shape index (κ3) is 1.53. The molecule has 0 aromatic heterocycles. The first-order valence-corrected chi connectivity index (χ1v) is 5.92. The summed E-state index contributed by atoms with van der Waals surface area (Å²) in [6.45, 7) is 1.91. The summed E-state index contributed by atoms with van der Waals surface area (Å²) in [5.74, 6) is 0.955. The first kappa shape index (κ1) is 9.22. The van der Waals surface area contributed by atoms with Crippen LogP contribution in [-0.4, -0.2) is 12.6 Å². The maximum Gasteiger partial charge on any atom is 0.0372 e. The average Bonchev–Trinajstić information content (AvgIpc) is 2.91. The predicted molar refractivity (Wildman–Crippen MR) is 62.8 cm³/mol. The monoisotopic (exact) mass is 202 g/mol. The van der Waals surface area contributed by atoms with E-state index in [0.29, 0.717) is 6.54 Å². The Morgan fingerprint density at radius 2 is 2.27 bits per heavy atom. The van der Waals surface area contributed by atoms with Gasteiger partial charge >= 0.3 is 0 Å². The molecule has 1 aliphatic carbocycles.